The molecular weight excluding hydrogens is 280 g/mol. The topological polar surface area (TPSA) is 33.2 Å². The average molecular weight is 294 g/mol. The summed E-state index contributed by atoms with van der Waals surface area (Å²) < 4.78 is 0. The molecule has 1 amide bonds. The van der Waals surface area contributed by atoms with Crippen LogP contribution in [0.1, 0.15) is 17.7 Å². The molecule has 1 aromatic carbocycles. The highest BCUT2D eigenvalue weighted by molar-refractivity contribution is 7.99. The first-order chi connectivity index (χ1) is 10.2. The molecule has 0 spiro atoms. The van der Waals surface area contributed by atoms with Gasteiger partial charge in [0.1, 0.15) is 5.69 Å². The van der Waals surface area contributed by atoms with E-state index in [-0.39, 0.29) is 5.91 Å². The van der Waals surface area contributed by atoms with E-state index in [1.165, 1.54) is 0 Å². The smallest absolute Gasteiger partial charge is 0.227 e. The van der Waals surface area contributed by atoms with Crippen LogP contribution >= 0.6 is 11.8 Å². The van der Waals surface area contributed by atoms with Crippen molar-refractivity contribution in [2.45, 2.75) is 11.3 Å². The number of hydrogen-bond acceptors (Lipinski definition) is 3. The molecule has 0 saturated carbocycles. The lowest BCUT2D eigenvalue weighted by molar-refractivity contribution is -0.117. The van der Waals surface area contributed by atoms with Gasteiger partial charge in [-0.05, 0) is 36.3 Å². The normalized spacial score (nSPS) is 14.0. The SMILES string of the molecule is CN1C(=O)CCSc2ccc(C#Cc3ccccn3)cc21. The van der Waals surface area contributed by atoms with E-state index in [9.17, 15) is 4.79 Å². The van der Waals surface area contributed by atoms with E-state index in [1.807, 2.05) is 43.4 Å². The Labute approximate surface area is 128 Å². The summed E-state index contributed by atoms with van der Waals surface area (Å²) in [7, 11) is 1.82. The molecule has 0 N–H and O–H groups in total. The number of nitrogens with zero attached hydrogens (tertiary/aromatic N) is 2. The van der Waals surface area contributed by atoms with Gasteiger partial charge in [-0.3, -0.25) is 4.79 Å². The van der Waals surface area contributed by atoms with Crippen LogP contribution in [0, 0.1) is 11.8 Å². The molecule has 1 aliphatic heterocycles. The van der Waals surface area contributed by atoms with Crippen LogP contribution < -0.4 is 4.90 Å². The zero-order valence-electron chi connectivity index (χ0n) is 11.7. The number of amides is 1. The van der Waals surface area contributed by atoms with Crippen molar-refractivity contribution in [2.75, 3.05) is 17.7 Å². The fourth-order valence-electron chi connectivity index (χ4n) is 2.10. The summed E-state index contributed by atoms with van der Waals surface area (Å²) >= 11 is 1.72. The van der Waals surface area contributed by atoms with Gasteiger partial charge in [0.2, 0.25) is 5.91 Å². The molecule has 4 heteroatoms. The van der Waals surface area contributed by atoms with E-state index in [2.05, 4.69) is 16.8 Å². The largest absolute Gasteiger partial charge is 0.314 e. The minimum atomic E-state index is 0.149. The Kier molecular flexibility index (Phi) is 3.94. The number of carbonyl (C=O) groups excluding carboxylic acids is 1. The van der Waals surface area contributed by atoms with Gasteiger partial charge in [-0.1, -0.05) is 12.0 Å². The molecule has 2 heterocycles. The van der Waals surface area contributed by atoms with Gasteiger partial charge in [0.25, 0.3) is 0 Å². The van der Waals surface area contributed by atoms with Gasteiger partial charge in [-0.15, -0.1) is 11.8 Å². The first-order valence-electron chi connectivity index (χ1n) is 6.70. The second kappa shape index (κ2) is 6.02. The number of aromatic nitrogens is 1. The lowest BCUT2D eigenvalue weighted by Crippen LogP contribution is -2.25. The van der Waals surface area contributed by atoms with Crippen LogP contribution in [0.15, 0.2) is 47.5 Å². The second-order valence-electron chi connectivity index (χ2n) is 4.70. The Morgan fingerprint density at radius 1 is 1.24 bits per heavy atom. The molecule has 0 fully saturated rings. The number of hydrogen-bond donors (Lipinski definition) is 0. The number of carbonyl (C=O) groups is 1. The predicted molar refractivity (Wildman–Crippen MR) is 85.4 cm³/mol. The van der Waals surface area contributed by atoms with E-state index in [0.717, 1.165) is 27.6 Å². The zero-order chi connectivity index (χ0) is 14.7. The third-order valence-corrected chi connectivity index (χ3v) is 4.33. The zero-order valence-corrected chi connectivity index (χ0v) is 12.5. The van der Waals surface area contributed by atoms with Gasteiger partial charge < -0.3 is 4.90 Å². The highest BCUT2D eigenvalue weighted by Crippen LogP contribution is 2.34. The molecule has 1 aromatic heterocycles. The number of fused-ring (bicyclic) bond motifs is 1. The Hall–Kier alpha value is -2.25. The maximum Gasteiger partial charge on any atom is 0.227 e. The second-order valence-corrected chi connectivity index (χ2v) is 5.84. The summed E-state index contributed by atoms with van der Waals surface area (Å²) in [4.78, 5) is 19.0. The third kappa shape index (κ3) is 3.09. The molecule has 0 radical (unpaired) electrons. The van der Waals surface area contributed by atoms with Gasteiger partial charge in [-0.2, -0.15) is 0 Å². The quantitative estimate of drug-likeness (QED) is 0.700. The molecule has 3 rings (SSSR count). The summed E-state index contributed by atoms with van der Waals surface area (Å²) in [5.74, 6) is 7.12. The number of benzene rings is 1. The molecule has 104 valence electrons. The third-order valence-electron chi connectivity index (χ3n) is 3.27. The molecule has 3 nitrogen and oxygen atoms in total. The fourth-order valence-corrected chi connectivity index (χ4v) is 3.11. The molecule has 21 heavy (non-hydrogen) atoms. The first-order valence-corrected chi connectivity index (χ1v) is 7.69. The highest BCUT2D eigenvalue weighted by Gasteiger charge is 2.19. The molecule has 0 saturated heterocycles. The molecule has 2 aromatic rings. The Morgan fingerprint density at radius 3 is 2.95 bits per heavy atom. The Balaban J connectivity index is 1.94. The van der Waals surface area contributed by atoms with Crippen LogP contribution in [0.25, 0.3) is 0 Å². The Bertz CT molecular complexity index is 731. The van der Waals surface area contributed by atoms with Crippen molar-refractivity contribution < 1.29 is 4.79 Å². The van der Waals surface area contributed by atoms with Crippen LogP contribution in [0.5, 0.6) is 0 Å². The molecule has 0 unspecified atom stereocenters. The van der Waals surface area contributed by atoms with Crippen molar-refractivity contribution in [1.82, 2.24) is 4.98 Å². The van der Waals surface area contributed by atoms with Crippen LogP contribution in [-0.4, -0.2) is 23.7 Å². The van der Waals surface area contributed by atoms with Crippen molar-refractivity contribution in [3.63, 3.8) is 0 Å². The summed E-state index contributed by atoms with van der Waals surface area (Å²) in [5, 5.41) is 0. The first kappa shape index (κ1) is 13.7. The predicted octanol–water partition coefficient (Wildman–Crippen LogP) is 2.94. The van der Waals surface area contributed by atoms with Gasteiger partial charge >= 0.3 is 0 Å². The maximum absolute atomic E-state index is 11.9. The lowest BCUT2D eigenvalue weighted by Gasteiger charge is -2.17. The van der Waals surface area contributed by atoms with Crippen LogP contribution in [0.4, 0.5) is 5.69 Å². The average Bonchev–Trinajstić information content (AvgIpc) is 2.66. The lowest BCUT2D eigenvalue weighted by atomic mass is 10.2. The minimum Gasteiger partial charge on any atom is -0.314 e. The molecule has 0 bridgehead atoms. The van der Waals surface area contributed by atoms with Crippen molar-refractivity contribution in [2.24, 2.45) is 0 Å². The van der Waals surface area contributed by atoms with Crippen molar-refractivity contribution in [3.05, 3.63) is 53.9 Å². The number of thioether (sulfide) groups is 1. The molecular formula is C17H14N2OS. The summed E-state index contributed by atoms with van der Waals surface area (Å²) in [6.07, 6.45) is 2.30. The van der Waals surface area contributed by atoms with E-state index >= 15 is 0 Å². The summed E-state index contributed by atoms with van der Waals surface area (Å²) in [6, 6.07) is 11.7. The minimum absolute atomic E-state index is 0.149. The molecule has 0 aliphatic carbocycles. The van der Waals surface area contributed by atoms with E-state index in [1.54, 1.807) is 22.9 Å². The van der Waals surface area contributed by atoms with E-state index in [0.29, 0.717) is 6.42 Å². The van der Waals surface area contributed by atoms with Crippen LogP contribution in [-0.2, 0) is 4.79 Å². The van der Waals surface area contributed by atoms with Gasteiger partial charge in [0, 0.05) is 35.9 Å². The number of anilines is 1. The molecule has 1 aliphatic rings. The van der Waals surface area contributed by atoms with Gasteiger partial charge in [0.15, 0.2) is 0 Å². The van der Waals surface area contributed by atoms with Gasteiger partial charge in [-0.25, -0.2) is 4.98 Å². The maximum atomic E-state index is 11.9. The van der Waals surface area contributed by atoms with Crippen molar-refractivity contribution in [1.29, 1.82) is 0 Å². The van der Waals surface area contributed by atoms with E-state index < -0.39 is 0 Å². The standard InChI is InChI=1S/C17H14N2OS/c1-19-15-12-13(5-7-14-4-2-3-10-18-14)6-8-16(15)21-11-9-17(19)20/h2-4,6,8,10,12H,9,11H2,1H3. The Morgan fingerprint density at radius 2 is 2.14 bits per heavy atom. The van der Waals surface area contributed by atoms with Crippen LogP contribution in [0.2, 0.25) is 0 Å². The van der Waals surface area contributed by atoms with Crippen molar-refractivity contribution >= 4 is 23.4 Å². The molecule has 0 atom stereocenters. The van der Waals surface area contributed by atoms with Crippen LogP contribution in [0.3, 0.4) is 0 Å². The summed E-state index contributed by atoms with van der Waals surface area (Å²) in [5.41, 5.74) is 2.57. The fraction of sp³-hybridized carbons (Fsp3) is 0.176. The number of pyridine rings is 1. The van der Waals surface area contributed by atoms with Gasteiger partial charge in [0.05, 0.1) is 5.69 Å². The van der Waals surface area contributed by atoms with Crippen molar-refractivity contribution in [3.8, 4) is 11.8 Å². The number of rotatable bonds is 0. The highest BCUT2D eigenvalue weighted by atomic mass is 32.2. The summed E-state index contributed by atoms with van der Waals surface area (Å²) in [6.45, 7) is 0. The van der Waals surface area contributed by atoms with E-state index in [4.69, 9.17) is 0 Å². The monoisotopic (exact) mass is 294 g/mol.